The molecule has 0 saturated carbocycles. The van der Waals surface area contributed by atoms with E-state index in [-0.39, 0.29) is 11.9 Å². The van der Waals surface area contributed by atoms with Crippen molar-refractivity contribution in [1.82, 2.24) is 5.32 Å². The Morgan fingerprint density at radius 1 is 1.18 bits per heavy atom. The standard InChI is InChI=1S/C18H20N2OS/c1-14(15-7-3-2-4-8-15)19-18(21)13-20-11-12-22-17-10-6-5-9-16(17)20/h2-10,14H,11-13H2,1H3,(H,19,21). The fourth-order valence-corrected chi connectivity index (χ4v) is 3.73. The number of carbonyl (C=O) groups is 1. The van der Waals surface area contributed by atoms with Gasteiger partial charge in [0.15, 0.2) is 0 Å². The van der Waals surface area contributed by atoms with Crippen molar-refractivity contribution < 1.29 is 4.79 Å². The Kier molecular flexibility index (Phi) is 4.68. The van der Waals surface area contributed by atoms with Crippen LogP contribution in [0.4, 0.5) is 5.69 Å². The minimum atomic E-state index is 0.0307. The lowest BCUT2D eigenvalue weighted by atomic mass is 10.1. The third kappa shape index (κ3) is 3.45. The summed E-state index contributed by atoms with van der Waals surface area (Å²) in [6, 6.07) is 18.4. The van der Waals surface area contributed by atoms with Gasteiger partial charge in [-0.05, 0) is 24.6 Å². The lowest BCUT2D eigenvalue weighted by molar-refractivity contribution is -0.120. The second-order valence-corrected chi connectivity index (χ2v) is 6.57. The molecule has 1 aliphatic heterocycles. The van der Waals surface area contributed by atoms with Crippen molar-refractivity contribution >= 4 is 23.4 Å². The van der Waals surface area contributed by atoms with E-state index >= 15 is 0 Å². The summed E-state index contributed by atoms with van der Waals surface area (Å²) in [4.78, 5) is 15.8. The van der Waals surface area contributed by atoms with Gasteiger partial charge in [0, 0.05) is 17.2 Å². The van der Waals surface area contributed by atoms with Crippen LogP contribution >= 0.6 is 11.8 Å². The van der Waals surface area contributed by atoms with Gasteiger partial charge in [-0.3, -0.25) is 4.79 Å². The first-order valence-corrected chi connectivity index (χ1v) is 8.53. The number of amides is 1. The van der Waals surface area contributed by atoms with Crippen LogP contribution in [0.3, 0.4) is 0 Å². The zero-order valence-electron chi connectivity index (χ0n) is 12.7. The Morgan fingerprint density at radius 3 is 2.73 bits per heavy atom. The first-order valence-electron chi connectivity index (χ1n) is 7.55. The molecule has 0 radical (unpaired) electrons. The Bertz CT molecular complexity index is 645. The fraction of sp³-hybridized carbons (Fsp3) is 0.278. The van der Waals surface area contributed by atoms with Gasteiger partial charge in [0.05, 0.1) is 18.3 Å². The molecule has 0 aromatic heterocycles. The second kappa shape index (κ2) is 6.88. The molecule has 0 bridgehead atoms. The Hall–Kier alpha value is -1.94. The molecule has 1 heterocycles. The van der Waals surface area contributed by atoms with Gasteiger partial charge in [0.1, 0.15) is 0 Å². The Labute approximate surface area is 135 Å². The molecule has 4 heteroatoms. The summed E-state index contributed by atoms with van der Waals surface area (Å²) >= 11 is 1.86. The van der Waals surface area contributed by atoms with E-state index in [9.17, 15) is 4.79 Å². The van der Waals surface area contributed by atoms with Crippen molar-refractivity contribution in [2.45, 2.75) is 17.9 Å². The summed E-state index contributed by atoms with van der Waals surface area (Å²) in [6.45, 7) is 3.34. The van der Waals surface area contributed by atoms with Crippen LogP contribution in [0.5, 0.6) is 0 Å². The number of nitrogens with one attached hydrogen (secondary N) is 1. The van der Waals surface area contributed by atoms with Gasteiger partial charge in [-0.15, -0.1) is 11.8 Å². The number of hydrogen-bond donors (Lipinski definition) is 1. The summed E-state index contributed by atoms with van der Waals surface area (Å²) in [5.41, 5.74) is 2.30. The quantitative estimate of drug-likeness (QED) is 0.938. The van der Waals surface area contributed by atoms with E-state index in [4.69, 9.17) is 0 Å². The van der Waals surface area contributed by atoms with Gasteiger partial charge in [-0.2, -0.15) is 0 Å². The van der Waals surface area contributed by atoms with Crippen LogP contribution in [-0.2, 0) is 4.79 Å². The van der Waals surface area contributed by atoms with Crippen LogP contribution in [0.25, 0.3) is 0 Å². The molecular weight excluding hydrogens is 292 g/mol. The molecule has 2 aromatic rings. The molecule has 1 atom stereocenters. The summed E-state index contributed by atoms with van der Waals surface area (Å²) in [5.74, 6) is 1.09. The van der Waals surface area contributed by atoms with E-state index in [2.05, 4.69) is 22.3 Å². The van der Waals surface area contributed by atoms with Crippen molar-refractivity contribution in [3.8, 4) is 0 Å². The van der Waals surface area contributed by atoms with E-state index in [1.165, 1.54) is 10.6 Å². The van der Waals surface area contributed by atoms with E-state index < -0.39 is 0 Å². The molecule has 22 heavy (non-hydrogen) atoms. The summed E-state index contributed by atoms with van der Waals surface area (Å²) in [5, 5.41) is 3.09. The van der Waals surface area contributed by atoms with Crippen LogP contribution in [0.1, 0.15) is 18.5 Å². The molecule has 0 spiro atoms. The maximum Gasteiger partial charge on any atom is 0.239 e. The van der Waals surface area contributed by atoms with Crippen molar-refractivity contribution in [3.05, 3.63) is 60.2 Å². The van der Waals surface area contributed by atoms with Gasteiger partial charge in [-0.25, -0.2) is 0 Å². The van der Waals surface area contributed by atoms with E-state index in [1.807, 2.05) is 61.2 Å². The first kappa shape index (κ1) is 15.0. The van der Waals surface area contributed by atoms with Gasteiger partial charge >= 0.3 is 0 Å². The number of nitrogens with zero attached hydrogens (tertiary/aromatic N) is 1. The van der Waals surface area contributed by atoms with Crippen molar-refractivity contribution in [1.29, 1.82) is 0 Å². The largest absolute Gasteiger partial charge is 0.360 e. The molecule has 1 aliphatic rings. The molecule has 1 N–H and O–H groups in total. The fourth-order valence-electron chi connectivity index (χ4n) is 2.68. The lowest BCUT2D eigenvalue weighted by Crippen LogP contribution is -2.40. The highest BCUT2D eigenvalue weighted by atomic mass is 32.2. The Balaban J connectivity index is 1.63. The number of thioether (sulfide) groups is 1. The van der Waals surface area contributed by atoms with Crippen LogP contribution in [0, 0.1) is 0 Å². The molecule has 3 rings (SSSR count). The molecule has 0 fully saturated rings. The minimum Gasteiger partial charge on any atom is -0.360 e. The number of carbonyl (C=O) groups excluding carboxylic acids is 1. The van der Waals surface area contributed by atoms with Gasteiger partial charge in [-0.1, -0.05) is 42.5 Å². The average molecular weight is 312 g/mol. The molecule has 0 saturated heterocycles. The zero-order valence-corrected chi connectivity index (χ0v) is 13.5. The maximum atomic E-state index is 12.3. The monoisotopic (exact) mass is 312 g/mol. The van der Waals surface area contributed by atoms with E-state index in [1.54, 1.807) is 0 Å². The van der Waals surface area contributed by atoms with Crippen molar-refractivity contribution in [2.24, 2.45) is 0 Å². The van der Waals surface area contributed by atoms with Crippen molar-refractivity contribution in [3.63, 3.8) is 0 Å². The van der Waals surface area contributed by atoms with Crippen LogP contribution in [-0.4, -0.2) is 24.7 Å². The van der Waals surface area contributed by atoms with Gasteiger partial charge in [0.2, 0.25) is 5.91 Å². The lowest BCUT2D eigenvalue weighted by Gasteiger charge is -2.30. The van der Waals surface area contributed by atoms with Crippen LogP contribution in [0.15, 0.2) is 59.5 Å². The third-order valence-corrected chi connectivity index (χ3v) is 4.88. The van der Waals surface area contributed by atoms with E-state index in [0.717, 1.165) is 17.9 Å². The maximum absolute atomic E-state index is 12.3. The highest BCUT2D eigenvalue weighted by Gasteiger charge is 2.19. The number of fused-ring (bicyclic) bond motifs is 1. The number of benzene rings is 2. The minimum absolute atomic E-state index is 0.0307. The first-order chi connectivity index (χ1) is 10.7. The van der Waals surface area contributed by atoms with Gasteiger partial charge in [0.25, 0.3) is 0 Å². The SMILES string of the molecule is CC(NC(=O)CN1CCSc2ccccc21)c1ccccc1. The van der Waals surface area contributed by atoms with Crippen molar-refractivity contribution in [2.75, 3.05) is 23.7 Å². The van der Waals surface area contributed by atoms with E-state index in [0.29, 0.717) is 6.54 Å². The predicted octanol–water partition coefficient (Wildman–Crippen LogP) is 3.48. The summed E-state index contributed by atoms with van der Waals surface area (Å²) in [7, 11) is 0. The summed E-state index contributed by atoms with van der Waals surface area (Å²) in [6.07, 6.45) is 0. The third-order valence-electron chi connectivity index (χ3n) is 3.84. The topological polar surface area (TPSA) is 32.3 Å². The molecule has 114 valence electrons. The Morgan fingerprint density at radius 2 is 1.91 bits per heavy atom. The number of hydrogen-bond acceptors (Lipinski definition) is 3. The smallest absolute Gasteiger partial charge is 0.239 e. The molecule has 1 unspecified atom stereocenters. The van der Waals surface area contributed by atoms with Crippen LogP contribution < -0.4 is 10.2 Å². The predicted molar refractivity (Wildman–Crippen MR) is 92.4 cm³/mol. The normalized spacial score (nSPS) is 15.0. The average Bonchev–Trinajstić information content (AvgIpc) is 2.56. The number of anilines is 1. The molecular formula is C18H20N2OS. The molecule has 3 nitrogen and oxygen atoms in total. The zero-order chi connectivity index (χ0) is 15.4. The second-order valence-electron chi connectivity index (χ2n) is 5.44. The molecule has 1 amide bonds. The van der Waals surface area contributed by atoms with Crippen LogP contribution in [0.2, 0.25) is 0 Å². The number of rotatable bonds is 4. The highest BCUT2D eigenvalue weighted by Crippen LogP contribution is 2.33. The molecule has 0 aliphatic carbocycles. The molecule has 2 aromatic carbocycles. The number of para-hydroxylation sites is 1. The van der Waals surface area contributed by atoms with Gasteiger partial charge < -0.3 is 10.2 Å². The summed E-state index contributed by atoms with van der Waals surface area (Å²) < 4.78 is 0. The highest BCUT2D eigenvalue weighted by molar-refractivity contribution is 7.99.